The molecule has 0 saturated heterocycles. The number of aromatic nitrogens is 2. The smallest absolute Gasteiger partial charge is 0.251 e. The monoisotopic (exact) mass is 217 g/mol. The van der Waals surface area contributed by atoms with Gasteiger partial charge in [0.25, 0.3) is 5.91 Å². The predicted molar refractivity (Wildman–Crippen MR) is 57.9 cm³/mol. The Labute approximate surface area is 92.2 Å². The molecule has 0 unspecified atom stereocenters. The molecule has 1 amide bonds. The van der Waals surface area contributed by atoms with E-state index in [-0.39, 0.29) is 11.7 Å². The van der Waals surface area contributed by atoms with Gasteiger partial charge in [0.15, 0.2) is 0 Å². The molecule has 0 saturated carbocycles. The van der Waals surface area contributed by atoms with E-state index in [9.17, 15) is 9.90 Å². The number of carbonyl (C=O) groups is 1. The van der Waals surface area contributed by atoms with Crippen molar-refractivity contribution >= 4 is 5.91 Å². The molecule has 1 aromatic heterocycles. The summed E-state index contributed by atoms with van der Waals surface area (Å²) in [5.74, 6) is -0.153. The number of hydrogen-bond donors (Lipinski definition) is 3. The van der Waals surface area contributed by atoms with Gasteiger partial charge in [0.1, 0.15) is 5.75 Å². The van der Waals surface area contributed by atoms with Gasteiger partial charge in [-0.3, -0.25) is 4.79 Å². The van der Waals surface area contributed by atoms with E-state index in [1.165, 1.54) is 12.1 Å². The van der Waals surface area contributed by atoms with Crippen LogP contribution in [0.4, 0.5) is 0 Å². The minimum absolute atomic E-state index is 0.0780. The lowest BCUT2D eigenvalue weighted by Gasteiger charge is -2.03. The summed E-state index contributed by atoms with van der Waals surface area (Å²) in [4.78, 5) is 18.4. The summed E-state index contributed by atoms with van der Waals surface area (Å²) in [7, 11) is 0. The first kappa shape index (κ1) is 10.2. The number of benzene rings is 1. The average Bonchev–Trinajstić information content (AvgIpc) is 2.78. The minimum Gasteiger partial charge on any atom is -0.508 e. The number of aromatic amines is 1. The Bertz CT molecular complexity index is 480. The van der Waals surface area contributed by atoms with Crippen molar-refractivity contribution in [3.63, 3.8) is 0 Å². The molecule has 0 bridgehead atoms. The van der Waals surface area contributed by atoms with Crippen LogP contribution in [0.2, 0.25) is 0 Å². The van der Waals surface area contributed by atoms with Gasteiger partial charge < -0.3 is 15.4 Å². The predicted octanol–water partition coefficient (Wildman–Crippen LogP) is 1.05. The Hall–Kier alpha value is -2.30. The van der Waals surface area contributed by atoms with Crippen LogP contribution in [0.3, 0.4) is 0 Å². The van der Waals surface area contributed by atoms with E-state index in [0.717, 1.165) is 5.69 Å². The molecule has 0 aliphatic rings. The van der Waals surface area contributed by atoms with Gasteiger partial charge in [-0.15, -0.1) is 0 Å². The topological polar surface area (TPSA) is 78.0 Å². The fourth-order valence-corrected chi connectivity index (χ4v) is 1.31. The molecule has 5 heteroatoms. The van der Waals surface area contributed by atoms with Crippen molar-refractivity contribution in [3.8, 4) is 5.75 Å². The summed E-state index contributed by atoms with van der Waals surface area (Å²) in [6.45, 7) is 0.383. The number of hydrogen-bond acceptors (Lipinski definition) is 3. The molecule has 2 aromatic rings. The van der Waals surface area contributed by atoms with Crippen LogP contribution >= 0.6 is 0 Å². The molecule has 16 heavy (non-hydrogen) atoms. The van der Waals surface area contributed by atoms with Crippen LogP contribution in [0.15, 0.2) is 36.8 Å². The van der Waals surface area contributed by atoms with Gasteiger partial charge in [-0.1, -0.05) is 6.07 Å². The molecule has 1 heterocycles. The Morgan fingerprint density at radius 1 is 1.50 bits per heavy atom. The van der Waals surface area contributed by atoms with Crippen LogP contribution in [-0.2, 0) is 6.54 Å². The summed E-state index contributed by atoms with van der Waals surface area (Å²) in [6, 6.07) is 6.20. The summed E-state index contributed by atoms with van der Waals surface area (Å²) >= 11 is 0. The highest BCUT2D eigenvalue weighted by Crippen LogP contribution is 2.10. The third-order valence-electron chi connectivity index (χ3n) is 2.10. The van der Waals surface area contributed by atoms with E-state index in [4.69, 9.17) is 0 Å². The second-order valence-electron chi connectivity index (χ2n) is 3.31. The number of H-pyrrole nitrogens is 1. The maximum atomic E-state index is 11.6. The lowest BCUT2D eigenvalue weighted by Crippen LogP contribution is -2.22. The van der Waals surface area contributed by atoms with Gasteiger partial charge in [-0.05, 0) is 18.2 Å². The van der Waals surface area contributed by atoms with Crippen LogP contribution in [0.5, 0.6) is 5.75 Å². The lowest BCUT2D eigenvalue weighted by atomic mass is 10.2. The number of amides is 1. The molecule has 2 rings (SSSR count). The van der Waals surface area contributed by atoms with E-state index >= 15 is 0 Å². The highest BCUT2D eigenvalue weighted by molar-refractivity contribution is 5.94. The Morgan fingerprint density at radius 3 is 3.06 bits per heavy atom. The third-order valence-corrected chi connectivity index (χ3v) is 2.10. The maximum Gasteiger partial charge on any atom is 0.251 e. The SMILES string of the molecule is O=C(NCc1cnc[nH]1)c1cccc(O)c1. The second-order valence-corrected chi connectivity index (χ2v) is 3.31. The van der Waals surface area contributed by atoms with Crippen LogP contribution in [0.25, 0.3) is 0 Å². The van der Waals surface area contributed by atoms with Gasteiger partial charge >= 0.3 is 0 Å². The van der Waals surface area contributed by atoms with E-state index < -0.39 is 0 Å². The Balaban J connectivity index is 1.98. The first-order chi connectivity index (χ1) is 7.75. The fourth-order valence-electron chi connectivity index (χ4n) is 1.31. The van der Waals surface area contributed by atoms with Crippen molar-refractivity contribution < 1.29 is 9.90 Å². The fraction of sp³-hybridized carbons (Fsp3) is 0.0909. The Kier molecular flexibility index (Phi) is 2.86. The van der Waals surface area contributed by atoms with Crippen LogP contribution < -0.4 is 5.32 Å². The molecule has 0 spiro atoms. The molecule has 0 atom stereocenters. The van der Waals surface area contributed by atoms with Crippen molar-refractivity contribution in [2.24, 2.45) is 0 Å². The minimum atomic E-state index is -0.231. The highest BCUT2D eigenvalue weighted by atomic mass is 16.3. The molecular formula is C11H11N3O2. The standard InChI is InChI=1S/C11H11N3O2/c15-10-3-1-2-8(4-10)11(16)13-6-9-5-12-7-14-9/h1-5,7,15H,6H2,(H,12,14)(H,13,16). The highest BCUT2D eigenvalue weighted by Gasteiger charge is 2.05. The van der Waals surface area contributed by atoms with Gasteiger partial charge in [0.05, 0.1) is 18.6 Å². The normalized spacial score (nSPS) is 10.0. The van der Waals surface area contributed by atoms with Crippen LogP contribution in [0, 0.1) is 0 Å². The molecule has 3 N–H and O–H groups in total. The quantitative estimate of drug-likeness (QED) is 0.719. The zero-order valence-electron chi connectivity index (χ0n) is 8.47. The number of carbonyl (C=O) groups excluding carboxylic acids is 1. The van der Waals surface area contributed by atoms with Gasteiger partial charge in [0, 0.05) is 11.8 Å². The molecule has 5 nitrogen and oxygen atoms in total. The molecule has 0 fully saturated rings. The van der Waals surface area contributed by atoms with E-state index in [1.807, 2.05) is 0 Å². The molecule has 0 aliphatic carbocycles. The van der Waals surface area contributed by atoms with E-state index in [0.29, 0.717) is 12.1 Å². The largest absolute Gasteiger partial charge is 0.508 e. The first-order valence-corrected chi connectivity index (χ1v) is 4.80. The number of imidazole rings is 1. The van der Waals surface area contributed by atoms with Crippen molar-refractivity contribution in [2.75, 3.05) is 0 Å². The summed E-state index contributed by atoms with van der Waals surface area (Å²) in [6.07, 6.45) is 3.19. The molecular weight excluding hydrogens is 206 g/mol. The van der Waals surface area contributed by atoms with Gasteiger partial charge in [-0.2, -0.15) is 0 Å². The number of nitrogens with zero attached hydrogens (tertiary/aromatic N) is 1. The summed E-state index contributed by atoms with van der Waals surface area (Å²) in [5.41, 5.74) is 1.26. The molecule has 1 aromatic carbocycles. The summed E-state index contributed by atoms with van der Waals surface area (Å²) in [5, 5.41) is 11.9. The summed E-state index contributed by atoms with van der Waals surface area (Å²) < 4.78 is 0. The van der Waals surface area contributed by atoms with Crippen molar-refractivity contribution in [1.29, 1.82) is 0 Å². The van der Waals surface area contributed by atoms with Crippen LogP contribution in [-0.4, -0.2) is 21.0 Å². The average molecular weight is 217 g/mol. The van der Waals surface area contributed by atoms with Crippen molar-refractivity contribution in [2.45, 2.75) is 6.54 Å². The zero-order chi connectivity index (χ0) is 11.4. The number of nitrogens with one attached hydrogen (secondary N) is 2. The molecule has 0 radical (unpaired) electrons. The number of phenols is 1. The molecule has 82 valence electrons. The number of phenolic OH excluding ortho intramolecular Hbond substituents is 1. The zero-order valence-corrected chi connectivity index (χ0v) is 8.47. The molecule has 0 aliphatic heterocycles. The van der Waals surface area contributed by atoms with Crippen molar-refractivity contribution in [3.05, 3.63) is 48.0 Å². The third kappa shape index (κ3) is 2.38. The van der Waals surface area contributed by atoms with Gasteiger partial charge in [-0.25, -0.2) is 4.98 Å². The van der Waals surface area contributed by atoms with E-state index in [2.05, 4.69) is 15.3 Å². The van der Waals surface area contributed by atoms with E-state index in [1.54, 1.807) is 24.7 Å². The lowest BCUT2D eigenvalue weighted by molar-refractivity contribution is 0.0950. The van der Waals surface area contributed by atoms with Gasteiger partial charge in [0.2, 0.25) is 0 Å². The first-order valence-electron chi connectivity index (χ1n) is 4.80. The number of aromatic hydroxyl groups is 1. The van der Waals surface area contributed by atoms with Crippen LogP contribution in [0.1, 0.15) is 16.1 Å². The number of rotatable bonds is 3. The second kappa shape index (κ2) is 4.48. The maximum absolute atomic E-state index is 11.6. The van der Waals surface area contributed by atoms with Crippen molar-refractivity contribution in [1.82, 2.24) is 15.3 Å². The Morgan fingerprint density at radius 2 is 2.38 bits per heavy atom.